The molecule has 166 valence electrons. The number of amides is 2. The van der Waals surface area contributed by atoms with Gasteiger partial charge in [0.05, 0.1) is 0 Å². The number of carbonyl (C=O) groups excluding carboxylic acids is 2. The third-order valence-corrected chi connectivity index (χ3v) is 7.05. The van der Waals surface area contributed by atoms with Crippen molar-refractivity contribution in [3.05, 3.63) is 64.6 Å². The summed E-state index contributed by atoms with van der Waals surface area (Å²) in [6.07, 6.45) is 5.50. The number of hydrogen-bond acceptors (Lipinski definition) is 5. The SMILES string of the molecule is O=C(NC(Cc1ccccc1)C(=O)Nc1nnc(-c2ccc(Br)cc2)s1)C1CCCCC1. The highest BCUT2D eigenvalue weighted by atomic mass is 79.9. The van der Waals surface area contributed by atoms with Gasteiger partial charge < -0.3 is 5.32 Å². The first-order valence-electron chi connectivity index (χ1n) is 10.8. The van der Waals surface area contributed by atoms with Crippen LogP contribution >= 0.6 is 27.3 Å². The van der Waals surface area contributed by atoms with Gasteiger partial charge in [-0.15, -0.1) is 10.2 Å². The minimum Gasteiger partial charge on any atom is -0.344 e. The summed E-state index contributed by atoms with van der Waals surface area (Å²) in [5.74, 6) is -0.328. The van der Waals surface area contributed by atoms with E-state index in [1.807, 2.05) is 54.6 Å². The topological polar surface area (TPSA) is 84.0 Å². The number of benzene rings is 2. The first-order valence-corrected chi connectivity index (χ1v) is 12.4. The Bertz CT molecular complexity index is 1050. The van der Waals surface area contributed by atoms with Crippen LogP contribution in [0.2, 0.25) is 0 Å². The van der Waals surface area contributed by atoms with Crippen LogP contribution in [0.15, 0.2) is 59.1 Å². The highest BCUT2D eigenvalue weighted by molar-refractivity contribution is 9.10. The summed E-state index contributed by atoms with van der Waals surface area (Å²) in [5.41, 5.74) is 1.92. The number of nitrogens with zero attached hydrogens (tertiary/aromatic N) is 2. The summed E-state index contributed by atoms with van der Waals surface area (Å²) in [7, 11) is 0. The molecule has 1 heterocycles. The van der Waals surface area contributed by atoms with Gasteiger partial charge in [-0.25, -0.2) is 0 Å². The average molecular weight is 513 g/mol. The third-order valence-electron chi connectivity index (χ3n) is 5.64. The van der Waals surface area contributed by atoms with Crippen molar-refractivity contribution in [2.75, 3.05) is 5.32 Å². The van der Waals surface area contributed by atoms with Crippen molar-refractivity contribution in [2.24, 2.45) is 5.92 Å². The van der Waals surface area contributed by atoms with Crippen LogP contribution in [0.4, 0.5) is 5.13 Å². The number of rotatable bonds is 7. The molecule has 2 amide bonds. The Kier molecular flexibility index (Phi) is 7.65. The van der Waals surface area contributed by atoms with Gasteiger partial charge in [-0.2, -0.15) is 0 Å². The molecule has 1 aliphatic carbocycles. The number of anilines is 1. The van der Waals surface area contributed by atoms with E-state index in [1.54, 1.807) is 0 Å². The van der Waals surface area contributed by atoms with Gasteiger partial charge in [0.1, 0.15) is 11.0 Å². The van der Waals surface area contributed by atoms with E-state index >= 15 is 0 Å². The largest absolute Gasteiger partial charge is 0.344 e. The lowest BCUT2D eigenvalue weighted by atomic mass is 9.88. The van der Waals surface area contributed by atoms with Crippen molar-refractivity contribution in [1.29, 1.82) is 0 Å². The second-order valence-corrected chi connectivity index (χ2v) is 9.89. The number of nitrogens with one attached hydrogen (secondary N) is 2. The monoisotopic (exact) mass is 512 g/mol. The normalized spacial score (nSPS) is 15.2. The van der Waals surface area contributed by atoms with Crippen molar-refractivity contribution in [2.45, 2.75) is 44.6 Å². The summed E-state index contributed by atoms with van der Waals surface area (Å²) in [5, 5.41) is 15.3. The van der Waals surface area contributed by atoms with Gasteiger partial charge in [0.15, 0.2) is 0 Å². The third kappa shape index (κ3) is 6.01. The van der Waals surface area contributed by atoms with Crippen molar-refractivity contribution in [1.82, 2.24) is 15.5 Å². The Morgan fingerprint density at radius 1 is 1.00 bits per heavy atom. The van der Waals surface area contributed by atoms with Crippen LogP contribution in [0.3, 0.4) is 0 Å². The molecule has 1 atom stereocenters. The van der Waals surface area contributed by atoms with Gasteiger partial charge in [-0.3, -0.25) is 14.9 Å². The second-order valence-electron chi connectivity index (χ2n) is 7.99. The van der Waals surface area contributed by atoms with E-state index in [0.29, 0.717) is 11.6 Å². The van der Waals surface area contributed by atoms with Crippen molar-refractivity contribution in [3.8, 4) is 10.6 Å². The minimum atomic E-state index is -0.674. The lowest BCUT2D eigenvalue weighted by Gasteiger charge is -2.24. The van der Waals surface area contributed by atoms with Gasteiger partial charge in [0, 0.05) is 22.4 Å². The highest BCUT2D eigenvalue weighted by Crippen LogP contribution is 2.28. The molecule has 1 fully saturated rings. The Morgan fingerprint density at radius 2 is 1.72 bits per heavy atom. The Hall–Kier alpha value is -2.58. The maximum Gasteiger partial charge on any atom is 0.249 e. The predicted octanol–water partition coefficient (Wildman–Crippen LogP) is 5.21. The van der Waals surface area contributed by atoms with Crippen LogP contribution in [0.25, 0.3) is 10.6 Å². The first-order chi connectivity index (χ1) is 15.6. The van der Waals surface area contributed by atoms with Gasteiger partial charge in [0.25, 0.3) is 0 Å². The van der Waals surface area contributed by atoms with E-state index in [0.717, 1.165) is 46.3 Å². The van der Waals surface area contributed by atoms with Crippen molar-refractivity contribution >= 4 is 44.2 Å². The number of aromatic nitrogens is 2. The average Bonchev–Trinajstić information content (AvgIpc) is 3.28. The van der Waals surface area contributed by atoms with E-state index < -0.39 is 6.04 Å². The molecule has 1 aromatic heterocycles. The van der Waals surface area contributed by atoms with Crippen LogP contribution in [0.5, 0.6) is 0 Å². The summed E-state index contributed by atoms with van der Waals surface area (Å²) in [6.45, 7) is 0. The van der Waals surface area contributed by atoms with Crippen LogP contribution < -0.4 is 10.6 Å². The molecular formula is C24H25BrN4O2S. The molecule has 1 aliphatic rings. The molecular weight excluding hydrogens is 488 g/mol. The maximum atomic E-state index is 13.1. The quantitative estimate of drug-likeness (QED) is 0.454. The van der Waals surface area contributed by atoms with Gasteiger partial charge in [-0.05, 0) is 30.5 Å². The minimum absolute atomic E-state index is 0.0136. The molecule has 0 aliphatic heterocycles. The highest BCUT2D eigenvalue weighted by Gasteiger charge is 2.27. The fourth-order valence-electron chi connectivity index (χ4n) is 3.89. The standard InChI is InChI=1S/C24H25BrN4O2S/c25-19-13-11-18(12-14-19)23-28-29-24(32-23)27-22(31)20(15-16-7-3-1-4-8-16)26-21(30)17-9-5-2-6-10-17/h1,3-4,7-8,11-14,17,20H,2,5-6,9-10,15H2,(H,26,30)(H,27,29,31). The first kappa shape index (κ1) is 22.6. The molecule has 1 unspecified atom stereocenters. The zero-order valence-corrected chi connectivity index (χ0v) is 20.0. The summed E-state index contributed by atoms with van der Waals surface area (Å²) in [6, 6.07) is 16.8. The molecule has 32 heavy (non-hydrogen) atoms. The van der Waals surface area contributed by atoms with E-state index in [2.05, 4.69) is 36.8 Å². The maximum absolute atomic E-state index is 13.1. The van der Waals surface area contributed by atoms with E-state index in [1.165, 1.54) is 17.8 Å². The summed E-state index contributed by atoms with van der Waals surface area (Å²) >= 11 is 4.73. The van der Waals surface area contributed by atoms with Crippen LogP contribution in [-0.4, -0.2) is 28.1 Å². The molecule has 2 aromatic carbocycles. The Labute approximate surface area is 200 Å². The van der Waals surface area contributed by atoms with E-state index in [-0.39, 0.29) is 17.7 Å². The number of hydrogen-bond donors (Lipinski definition) is 2. The zero-order chi connectivity index (χ0) is 22.3. The molecule has 2 N–H and O–H groups in total. The molecule has 0 spiro atoms. The lowest BCUT2D eigenvalue weighted by Crippen LogP contribution is -2.47. The molecule has 0 radical (unpaired) electrons. The fourth-order valence-corrected chi connectivity index (χ4v) is 4.91. The molecule has 6 nitrogen and oxygen atoms in total. The number of carbonyl (C=O) groups is 2. The van der Waals surface area contributed by atoms with Gasteiger partial charge in [-0.1, -0.05) is 89.0 Å². The van der Waals surface area contributed by atoms with Crippen LogP contribution in [0, 0.1) is 5.92 Å². The molecule has 1 saturated carbocycles. The van der Waals surface area contributed by atoms with Gasteiger partial charge >= 0.3 is 0 Å². The number of halogens is 1. The Morgan fingerprint density at radius 3 is 2.44 bits per heavy atom. The van der Waals surface area contributed by atoms with Crippen molar-refractivity contribution < 1.29 is 9.59 Å². The fraction of sp³-hybridized carbons (Fsp3) is 0.333. The molecule has 3 aromatic rings. The lowest BCUT2D eigenvalue weighted by molar-refractivity contribution is -0.130. The zero-order valence-electron chi connectivity index (χ0n) is 17.6. The van der Waals surface area contributed by atoms with Gasteiger partial charge in [0.2, 0.25) is 16.9 Å². The van der Waals surface area contributed by atoms with Crippen LogP contribution in [0.1, 0.15) is 37.7 Å². The Balaban J connectivity index is 1.46. The smallest absolute Gasteiger partial charge is 0.249 e. The summed E-state index contributed by atoms with van der Waals surface area (Å²) < 4.78 is 0.983. The molecule has 8 heteroatoms. The summed E-state index contributed by atoms with van der Waals surface area (Å²) in [4.78, 5) is 26.0. The molecule has 0 bridgehead atoms. The predicted molar refractivity (Wildman–Crippen MR) is 130 cm³/mol. The molecule has 0 saturated heterocycles. The van der Waals surface area contributed by atoms with E-state index in [9.17, 15) is 9.59 Å². The van der Waals surface area contributed by atoms with Crippen LogP contribution in [-0.2, 0) is 16.0 Å². The second kappa shape index (κ2) is 10.8. The van der Waals surface area contributed by atoms with E-state index in [4.69, 9.17) is 0 Å². The van der Waals surface area contributed by atoms with Crippen molar-refractivity contribution in [3.63, 3.8) is 0 Å². The molecule has 4 rings (SSSR count).